The zero-order valence-electron chi connectivity index (χ0n) is 10.3. The number of carbonyl (C=O) groups is 1. The first-order chi connectivity index (χ1) is 9.95. The number of hydrogen-bond donors (Lipinski definition) is 0. The number of alkyl halides is 2. The maximum atomic E-state index is 12.0. The maximum Gasteiger partial charge on any atom is 0.490 e. The second-order valence-corrected chi connectivity index (χ2v) is 3.83. The average molecular weight is 298 g/mol. The van der Waals surface area contributed by atoms with Gasteiger partial charge in [-0.2, -0.15) is 13.5 Å². The van der Waals surface area contributed by atoms with Crippen molar-refractivity contribution in [1.29, 1.82) is 0 Å². The molecule has 1 heterocycles. The third kappa shape index (κ3) is 3.78. The third-order valence-corrected chi connectivity index (χ3v) is 2.39. The third-order valence-electron chi connectivity index (χ3n) is 2.39. The molecule has 0 saturated heterocycles. The van der Waals surface area contributed by atoms with Gasteiger partial charge in [-0.15, -0.1) is 0 Å². The molecule has 0 aliphatic heterocycles. The molecular weight excluding hydrogens is 290 g/mol. The Balaban J connectivity index is 2.04. The molecule has 0 N–H and O–H groups in total. The van der Waals surface area contributed by atoms with Gasteiger partial charge in [0.15, 0.2) is 5.78 Å². The molecule has 1 aromatic carbocycles. The number of aromatic nitrogens is 3. The van der Waals surface area contributed by atoms with E-state index in [-0.39, 0.29) is 17.9 Å². The van der Waals surface area contributed by atoms with Gasteiger partial charge in [-0.05, 0) is 29.2 Å². The van der Waals surface area contributed by atoms with Crippen molar-refractivity contribution in [3.63, 3.8) is 0 Å². The molecule has 2 aromatic rings. The Labute approximate surface area is 116 Å². The molecule has 110 valence electrons. The fourth-order valence-electron chi connectivity index (χ4n) is 1.51. The summed E-state index contributed by atoms with van der Waals surface area (Å²) in [6.45, 7) is -3.20. The minimum Gasteiger partial charge on any atom is -0.435 e. The van der Waals surface area contributed by atoms with Crippen LogP contribution in [-0.4, -0.2) is 32.1 Å². The van der Waals surface area contributed by atoms with Crippen LogP contribution in [0.15, 0.2) is 30.6 Å². The number of ether oxygens (including phenoxy) is 1. The van der Waals surface area contributed by atoms with E-state index in [2.05, 4.69) is 14.8 Å². The zero-order valence-corrected chi connectivity index (χ0v) is 10.3. The van der Waals surface area contributed by atoms with Crippen LogP contribution in [-0.2, 0) is 6.54 Å². The Morgan fingerprint density at radius 1 is 1.38 bits per heavy atom. The molecule has 0 saturated carbocycles. The predicted molar refractivity (Wildman–Crippen MR) is 64.1 cm³/mol. The Bertz CT molecular complexity index is 656. The molecule has 2 rings (SSSR count). The summed E-state index contributed by atoms with van der Waals surface area (Å²) in [5.41, 5.74) is 0.231. The number of nitrogens with zero attached hydrogens (tertiary/aromatic N) is 4. The number of hydrogen-bond acceptors (Lipinski definition) is 6. The highest BCUT2D eigenvalue weighted by Crippen LogP contribution is 2.15. The zero-order chi connectivity index (χ0) is 15.4. The number of halogens is 2. The first kappa shape index (κ1) is 14.5. The van der Waals surface area contributed by atoms with E-state index in [9.17, 15) is 23.7 Å². The van der Waals surface area contributed by atoms with Crippen LogP contribution in [0.5, 0.6) is 5.75 Å². The van der Waals surface area contributed by atoms with E-state index >= 15 is 0 Å². The molecule has 1 aromatic heterocycles. The average Bonchev–Trinajstić information content (AvgIpc) is 2.87. The Morgan fingerprint density at radius 3 is 2.57 bits per heavy atom. The fourth-order valence-corrected chi connectivity index (χ4v) is 1.51. The molecule has 0 unspecified atom stereocenters. The van der Waals surface area contributed by atoms with Gasteiger partial charge in [-0.25, -0.2) is 0 Å². The van der Waals surface area contributed by atoms with E-state index in [0.29, 0.717) is 0 Å². The van der Waals surface area contributed by atoms with Crippen LogP contribution in [0, 0.1) is 10.1 Å². The summed E-state index contributed by atoms with van der Waals surface area (Å²) in [6, 6.07) is 5.07. The monoisotopic (exact) mass is 298 g/mol. The summed E-state index contributed by atoms with van der Waals surface area (Å²) in [7, 11) is 0. The molecule has 0 amide bonds. The standard InChI is InChI=1S/C11H8F2N4O4/c12-10(13)21-8-3-1-7(2-4-8)9(18)5-16-6-14-11(15-16)17(19)20/h1-4,6,10H,5H2. The summed E-state index contributed by atoms with van der Waals surface area (Å²) < 4.78 is 29.1. The van der Waals surface area contributed by atoms with Gasteiger partial charge >= 0.3 is 12.6 Å². The number of nitro groups is 1. The Kier molecular flexibility index (Phi) is 4.16. The largest absolute Gasteiger partial charge is 0.490 e. The lowest BCUT2D eigenvalue weighted by Gasteiger charge is -2.04. The summed E-state index contributed by atoms with van der Waals surface area (Å²) in [4.78, 5) is 24.9. The van der Waals surface area contributed by atoms with Crippen molar-refractivity contribution in [2.24, 2.45) is 0 Å². The van der Waals surface area contributed by atoms with E-state index in [4.69, 9.17) is 0 Å². The highest BCUT2D eigenvalue weighted by Gasteiger charge is 2.16. The predicted octanol–water partition coefficient (Wildman–Crippen LogP) is 1.67. The number of benzene rings is 1. The summed E-state index contributed by atoms with van der Waals surface area (Å²) in [6.07, 6.45) is 1.06. The SMILES string of the molecule is O=C(Cn1cnc([N+](=O)[O-])n1)c1ccc(OC(F)F)cc1. The van der Waals surface area contributed by atoms with Gasteiger partial charge in [0.2, 0.25) is 6.33 Å². The minimum absolute atomic E-state index is 0.0713. The van der Waals surface area contributed by atoms with Crippen LogP contribution in [0.25, 0.3) is 0 Å². The Hall–Kier alpha value is -2.91. The van der Waals surface area contributed by atoms with Crippen molar-refractivity contribution in [3.05, 3.63) is 46.3 Å². The molecule has 0 aliphatic carbocycles. The van der Waals surface area contributed by atoms with Crippen LogP contribution in [0.3, 0.4) is 0 Å². The fraction of sp³-hybridized carbons (Fsp3) is 0.182. The van der Waals surface area contributed by atoms with Gasteiger partial charge in [-0.1, -0.05) is 4.98 Å². The molecule has 8 nitrogen and oxygen atoms in total. The molecule has 10 heteroatoms. The van der Waals surface area contributed by atoms with Gasteiger partial charge in [0.1, 0.15) is 12.3 Å². The van der Waals surface area contributed by atoms with Crippen molar-refractivity contribution in [2.75, 3.05) is 0 Å². The number of Topliss-reactive ketones (excluding diaryl/α,β-unsaturated/α-hetero) is 1. The second-order valence-electron chi connectivity index (χ2n) is 3.83. The number of ketones is 1. The molecule has 0 atom stereocenters. The van der Waals surface area contributed by atoms with Crippen molar-refractivity contribution < 1.29 is 23.2 Å². The van der Waals surface area contributed by atoms with Crippen molar-refractivity contribution in [3.8, 4) is 5.75 Å². The smallest absolute Gasteiger partial charge is 0.435 e. The van der Waals surface area contributed by atoms with Crippen molar-refractivity contribution >= 4 is 11.7 Å². The number of rotatable bonds is 6. The lowest BCUT2D eigenvalue weighted by atomic mass is 10.1. The molecular formula is C11H8F2N4O4. The van der Waals surface area contributed by atoms with E-state index in [1.807, 2.05) is 0 Å². The molecule has 21 heavy (non-hydrogen) atoms. The van der Waals surface area contributed by atoms with Gasteiger partial charge in [0.05, 0.1) is 0 Å². The Morgan fingerprint density at radius 2 is 2.05 bits per heavy atom. The normalized spacial score (nSPS) is 10.6. The number of carbonyl (C=O) groups excluding carboxylic acids is 1. The van der Waals surface area contributed by atoms with Crippen LogP contribution < -0.4 is 4.74 Å². The quantitative estimate of drug-likeness (QED) is 0.457. The van der Waals surface area contributed by atoms with Crippen molar-refractivity contribution in [1.82, 2.24) is 14.8 Å². The van der Waals surface area contributed by atoms with E-state index in [1.54, 1.807) is 0 Å². The molecule has 0 bridgehead atoms. The topological polar surface area (TPSA) is 100 Å². The first-order valence-corrected chi connectivity index (χ1v) is 5.57. The first-order valence-electron chi connectivity index (χ1n) is 5.57. The highest BCUT2D eigenvalue weighted by molar-refractivity contribution is 5.95. The maximum absolute atomic E-state index is 12.0. The minimum atomic E-state index is -2.94. The van der Waals surface area contributed by atoms with Crippen LogP contribution in [0.4, 0.5) is 14.7 Å². The van der Waals surface area contributed by atoms with Crippen LogP contribution in [0.2, 0.25) is 0 Å². The second kappa shape index (κ2) is 6.03. The van der Waals surface area contributed by atoms with Crippen molar-refractivity contribution in [2.45, 2.75) is 13.2 Å². The van der Waals surface area contributed by atoms with Gasteiger partial charge in [0, 0.05) is 10.7 Å². The molecule has 0 aliphatic rings. The van der Waals surface area contributed by atoms with E-state index in [1.165, 1.54) is 24.3 Å². The van der Waals surface area contributed by atoms with Gasteiger partial charge < -0.3 is 14.9 Å². The van der Waals surface area contributed by atoms with E-state index in [0.717, 1.165) is 11.0 Å². The van der Waals surface area contributed by atoms with Crippen LogP contribution >= 0.6 is 0 Å². The summed E-state index contributed by atoms with van der Waals surface area (Å²) in [5.74, 6) is -1.08. The van der Waals surface area contributed by atoms with Gasteiger partial charge in [0.25, 0.3) is 0 Å². The van der Waals surface area contributed by atoms with Gasteiger partial charge in [-0.3, -0.25) is 4.79 Å². The lowest BCUT2D eigenvalue weighted by Crippen LogP contribution is -2.11. The lowest BCUT2D eigenvalue weighted by molar-refractivity contribution is -0.394. The summed E-state index contributed by atoms with van der Waals surface area (Å²) >= 11 is 0. The molecule has 0 fully saturated rings. The van der Waals surface area contributed by atoms with Crippen LogP contribution in [0.1, 0.15) is 10.4 Å². The van der Waals surface area contributed by atoms with E-state index < -0.39 is 23.3 Å². The molecule has 0 spiro atoms. The summed E-state index contributed by atoms with van der Waals surface area (Å²) in [5, 5.41) is 13.9. The highest BCUT2D eigenvalue weighted by atomic mass is 19.3. The molecule has 0 radical (unpaired) electrons.